The van der Waals surface area contributed by atoms with E-state index in [0.717, 1.165) is 44.3 Å². The number of rotatable bonds is 7. The fourth-order valence-electron chi connectivity index (χ4n) is 9.08. The molecule has 0 amide bonds. The van der Waals surface area contributed by atoms with E-state index in [2.05, 4.69) is 134 Å². The molecule has 9 aromatic carbocycles. The van der Waals surface area contributed by atoms with Crippen molar-refractivity contribution in [2.75, 3.05) is 4.90 Å². The molecule has 11 rings (SSSR count). The van der Waals surface area contributed by atoms with Crippen LogP contribution in [0.2, 0.25) is 0 Å². The molecule has 0 aliphatic heterocycles. The molecule has 1 heterocycles. The molecule has 1 aromatic heterocycles. The summed E-state index contributed by atoms with van der Waals surface area (Å²) in [6.45, 7) is 2.62. The van der Waals surface area contributed by atoms with Crippen LogP contribution in [0.25, 0.3) is 64.3 Å². The van der Waals surface area contributed by atoms with Gasteiger partial charge in [0.05, 0.1) is 5.48 Å². The molecular weight excluding hydrogens is 707 g/mol. The predicted molar refractivity (Wildman–Crippen MR) is 244 cm³/mol. The highest BCUT2D eigenvalue weighted by molar-refractivity contribution is 7.25. The second-order valence-electron chi connectivity index (χ2n) is 15.1. The Labute approximate surface area is 343 Å². The van der Waals surface area contributed by atoms with Crippen molar-refractivity contribution in [3.63, 3.8) is 0 Å². The standard InChI is InChI=1S/C55H39NS/c1-55(42-18-3-2-4-19-42)50-25-9-7-23-48(50)54-41(17-13-26-51(54)55)36-56(43-31-28-38(29-32-43)46-24-12-15-37-14-5-6-21-45(37)46)44-20-11-16-39(34-44)40-30-33-53-49(35-40)47-22-8-10-27-52(47)57-53/h2-35H,36H2,1H3/i28D,29D,31D,32D. The van der Waals surface area contributed by atoms with Crippen molar-refractivity contribution >= 4 is 53.7 Å². The molecule has 1 aliphatic rings. The number of hydrogen-bond donors (Lipinski definition) is 0. The average molecular weight is 750 g/mol. The Balaban J connectivity index is 1.12. The molecule has 0 N–H and O–H groups in total. The highest BCUT2D eigenvalue weighted by Crippen LogP contribution is 2.54. The zero-order valence-corrected chi connectivity index (χ0v) is 32.2. The molecule has 0 saturated heterocycles. The van der Waals surface area contributed by atoms with E-state index < -0.39 is 5.41 Å². The molecule has 10 aromatic rings. The molecule has 2 heteroatoms. The number of anilines is 2. The Bertz CT molecular complexity index is 3340. The van der Waals surface area contributed by atoms with Crippen molar-refractivity contribution in [3.8, 4) is 33.4 Å². The van der Waals surface area contributed by atoms with Crippen molar-refractivity contribution in [2.24, 2.45) is 0 Å². The van der Waals surface area contributed by atoms with Gasteiger partial charge in [-0.2, -0.15) is 0 Å². The van der Waals surface area contributed by atoms with Gasteiger partial charge in [0.1, 0.15) is 0 Å². The van der Waals surface area contributed by atoms with Gasteiger partial charge in [0, 0.05) is 43.5 Å². The smallest absolute Gasteiger partial charge is 0.0645 e. The number of nitrogens with zero attached hydrogens (tertiary/aromatic N) is 1. The Morgan fingerprint density at radius 1 is 0.491 bits per heavy atom. The minimum atomic E-state index is -0.400. The second-order valence-corrected chi connectivity index (χ2v) is 16.2. The summed E-state index contributed by atoms with van der Waals surface area (Å²) in [7, 11) is 0. The molecule has 0 spiro atoms. The number of benzene rings is 9. The molecule has 0 fully saturated rings. The monoisotopic (exact) mass is 749 g/mol. The summed E-state index contributed by atoms with van der Waals surface area (Å²) in [6, 6.07) is 62.7. The van der Waals surface area contributed by atoms with Crippen LogP contribution in [0.5, 0.6) is 0 Å². The maximum Gasteiger partial charge on any atom is 0.0645 e. The van der Waals surface area contributed by atoms with Crippen LogP contribution in [-0.4, -0.2) is 0 Å². The Morgan fingerprint density at radius 2 is 1.16 bits per heavy atom. The van der Waals surface area contributed by atoms with Gasteiger partial charge in [-0.15, -0.1) is 11.3 Å². The van der Waals surface area contributed by atoms with E-state index in [-0.39, 0.29) is 29.9 Å². The zero-order chi connectivity index (χ0) is 41.4. The summed E-state index contributed by atoms with van der Waals surface area (Å²) in [6.07, 6.45) is 0. The van der Waals surface area contributed by atoms with Crippen LogP contribution in [-0.2, 0) is 12.0 Å². The van der Waals surface area contributed by atoms with Crippen LogP contribution in [0.1, 0.15) is 34.7 Å². The molecule has 57 heavy (non-hydrogen) atoms. The zero-order valence-electron chi connectivity index (χ0n) is 35.4. The molecule has 1 nitrogen and oxygen atoms in total. The van der Waals surface area contributed by atoms with Crippen LogP contribution in [0.3, 0.4) is 0 Å². The van der Waals surface area contributed by atoms with Gasteiger partial charge < -0.3 is 4.90 Å². The van der Waals surface area contributed by atoms with Crippen LogP contribution < -0.4 is 4.90 Å². The van der Waals surface area contributed by atoms with Gasteiger partial charge in [-0.1, -0.05) is 164 Å². The molecule has 1 unspecified atom stereocenters. The first-order chi connectivity index (χ1) is 29.8. The van der Waals surface area contributed by atoms with Crippen LogP contribution in [0.15, 0.2) is 206 Å². The van der Waals surface area contributed by atoms with Gasteiger partial charge in [-0.3, -0.25) is 0 Å². The van der Waals surface area contributed by atoms with Gasteiger partial charge in [0.15, 0.2) is 0 Å². The molecule has 270 valence electrons. The maximum atomic E-state index is 9.76. The van der Waals surface area contributed by atoms with Crippen molar-refractivity contribution in [1.29, 1.82) is 0 Å². The summed E-state index contributed by atoms with van der Waals surface area (Å²) < 4.78 is 41.2. The molecule has 0 bridgehead atoms. The Kier molecular flexibility index (Phi) is 6.98. The first kappa shape index (κ1) is 29.5. The van der Waals surface area contributed by atoms with E-state index >= 15 is 0 Å². The lowest BCUT2D eigenvalue weighted by molar-refractivity contribution is 0.713. The minimum absolute atomic E-state index is 0.0661. The van der Waals surface area contributed by atoms with Crippen molar-refractivity contribution in [2.45, 2.75) is 18.9 Å². The average Bonchev–Trinajstić information content (AvgIpc) is 3.81. The van der Waals surface area contributed by atoms with Gasteiger partial charge in [-0.25, -0.2) is 0 Å². The summed E-state index contributed by atoms with van der Waals surface area (Å²) >= 11 is 1.80. The first-order valence-electron chi connectivity index (χ1n) is 21.5. The molecule has 1 aliphatic carbocycles. The number of hydrogen-bond acceptors (Lipinski definition) is 2. The van der Waals surface area contributed by atoms with Gasteiger partial charge in [-0.05, 0) is 116 Å². The Hall–Kier alpha value is -6.74. The summed E-state index contributed by atoms with van der Waals surface area (Å²) in [4.78, 5) is 2.01. The second kappa shape index (κ2) is 13.5. The highest BCUT2D eigenvalue weighted by atomic mass is 32.1. The van der Waals surface area contributed by atoms with Crippen molar-refractivity contribution < 1.29 is 5.48 Å². The number of fused-ring (bicyclic) bond motifs is 7. The quantitative estimate of drug-likeness (QED) is 0.157. The summed E-state index contributed by atoms with van der Waals surface area (Å²) in [5.41, 5.74) is 10.7. The highest BCUT2D eigenvalue weighted by Gasteiger charge is 2.41. The van der Waals surface area contributed by atoms with E-state index in [4.69, 9.17) is 0 Å². The molecular formula is C55H39NS. The largest absolute Gasteiger partial charge is 0.337 e. The van der Waals surface area contributed by atoms with E-state index in [1.54, 1.807) is 11.3 Å². The molecule has 0 saturated carbocycles. The number of thiophene rings is 1. The summed E-state index contributed by atoms with van der Waals surface area (Å²) in [5.74, 6) is 0. The van der Waals surface area contributed by atoms with Crippen molar-refractivity contribution in [3.05, 3.63) is 228 Å². The lowest BCUT2D eigenvalue weighted by Crippen LogP contribution is -2.22. The van der Waals surface area contributed by atoms with Gasteiger partial charge in [0.2, 0.25) is 0 Å². The molecule has 1 atom stereocenters. The van der Waals surface area contributed by atoms with E-state index in [1.807, 2.05) is 59.5 Å². The lowest BCUT2D eigenvalue weighted by atomic mass is 9.74. The molecule has 0 radical (unpaired) electrons. The van der Waals surface area contributed by atoms with Crippen molar-refractivity contribution in [1.82, 2.24) is 0 Å². The van der Waals surface area contributed by atoms with E-state index in [1.165, 1.54) is 36.9 Å². The van der Waals surface area contributed by atoms with Crippen LogP contribution >= 0.6 is 11.3 Å². The van der Waals surface area contributed by atoms with E-state index in [0.29, 0.717) is 17.7 Å². The maximum absolute atomic E-state index is 9.76. The SMILES string of the molecule is [2H]c1c([2H])c(N(Cc2cccc3c2-c2ccccc2C3(C)c2ccccc2)c2cccc(-c3ccc4sc5ccccc5c4c3)c2)c([2H])c([2H])c1-c1cccc2ccccc12. The van der Waals surface area contributed by atoms with Crippen LogP contribution in [0, 0.1) is 0 Å². The van der Waals surface area contributed by atoms with Gasteiger partial charge >= 0.3 is 0 Å². The predicted octanol–water partition coefficient (Wildman–Crippen LogP) is 15.2. The first-order valence-corrected chi connectivity index (χ1v) is 20.3. The fraction of sp³-hybridized carbons (Fsp3) is 0.0545. The van der Waals surface area contributed by atoms with Gasteiger partial charge in [0.25, 0.3) is 0 Å². The van der Waals surface area contributed by atoms with E-state index in [9.17, 15) is 5.48 Å². The third-order valence-corrected chi connectivity index (χ3v) is 13.1. The lowest BCUT2D eigenvalue weighted by Gasteiger charge is -2.29. The van der Waals surface area contributed by atoms with Crippen LogP contribution in [0.4, 0.5) is 11.4 Å². The fourth-order valence-corrected chi connectivity index (χ4v) is 10.2. The Morgan fingerprint density at radius 3 is 2.05 bits per heavy atom. The topological polar surface area (TPSA) is 3.24 Å². The summed E-state index contributed by atoms with van der Waals surface area (Å²) in [5, 5.41) is 4.31. The third-order valence-electron chi connectivity index (χ3n) is 11.9. The minimum Gasteiger partial charge on any atom is -0.337 e. The third kappa shape index (κ3) is 5.51. The normalized spacial score (nSPS) is 15.5.